The Morgan fingerprint density at radius 1 is 1.12 bits per heavy atom. The highest BCUT2D eigenvalue weighted by molar-refractivity contribution is 5.85. The number of piperidine rings is 1. The molecule has 11 heteroatoms. The second-order valence-electron chi connectivity index (χ2n) is 11.0. The van der Waals surface area contributed by atoms with Gasteiger partial charge < -0.3 is 19.3 Å². The molecule has 1 aliphatic heterocycles. The van der Waals surface area contributed by atoms with E-state index in [1.165, 1.54) is 6.07 Å². The minimum Gasteiger partial charge on any atom is -0.488 e. The molecule has 1 N–H and O–H groups in total. The van der Waals surface area contributed by atoms with Crippen LogP contribution in [-0.2, 0) is 13.1 Å². The number of ether oxygens (including phenoxy) is 1. The van der Waals surface area contributed by atoms with E-state index >= 15 is 0 Å². The van der Waals surface area contributed by atoms with Crippen LogP contribution in [0.15, 0.2) is 60.0 Å². The number of aromatic nitrogens is 4. The van der Waals surface area contributed by atoms with Gasteiger partial charge in [0, 0.05) is 85.8 Å². The summed E-state index contributed by atoms with van der Waals surface area (Å²) in [5.41, 5.74) is 3.23. The maximum absolute atomic E-state index is 15.0. The van der Waals surface area contributed by atoms with Crippen LogP contribution in [0.25, 0.3) is 10.9 Å². The Kier molecular flexibility index (Phi) is 9.35. The maximum Gasteiger partial charge on any atom is 0.193 e. The van der Waals surface area contributed by atoms with Gasteiger partial charge in [0.15, 0.2) is 17.0 Å². The fourth-order valence-electron chi connectivity index (χ4n) is 5.83. The third-order valence-electron chi connectivity index (χ3n) is 7.96. The highest BCUT2D eigenvalue weighted by atomic mass is 35.5. The molecule has 1 aromatic carbocycles. The summed E-state index contributed by atoms with van der Waals surface area (Å²) >= 11 is 0. The Bertz CT molecular complexity index is 1580. The molecule has 0 bridgehead atoms. The van der Waals surface area contributed by atoms with Crippen molar-refractivity contribution in [1.82, 2.24) is 24.4 Å². The van der Waals surface area contributed by atoms with Crippen molar-refractivity contribution in [3.8, 4) is 5.75 Å². The molecule has 9 nitrogen and oxygen atoms in total. The summed E-state index contributed by atoms with van der Waals surface area (Å²) in [4.78, 5) is 31.7. The number of fused-ring (bicyclic) bond motifs is 1. The van der Waals surface area contributed by atoms with Crippen LogP contribution in [0, 0.1) is 12.7 Å². The van der Waals surface area contributed by atoms with Crippen LogP contribution in [0.4, 0.5) is 10.2 Å². The molecule has 3 aromatic heterocycles. The fourth-order valence-corrected chi connectivity index (χ4v) is 5.83. The van der Waals surface area contributed by atoms with Gasteiger partial charge in [-0.05, 0) is 56.4 Å². The van der Waals surface area contributed by atoms with E-state index in [1.54, 1.807) is 24.7 Å². The molecular weight excluding hydrogens is 559 g/mol. The number of aryl methyl sites for hydroxylation is 1. The molecule has 2 aliphatic rings. The molecule has 6 rings (SSSR count). The van der Waals surface area contributed by atoms with Crippen molar-refractivity contribution in [2.75, 3.05) is 31.2 Å². The molecule has 222 valence electrons. The largest absolute Gasteiger partial charge is 0.488 e. The highest BCUT2D eigenvalue weighted by Crippen LogP contribution is 2.38. The van der Waals surface area contributed by atoms with E-state index in [0.717, 1.165) is 55.8 Å². The summed E-state index contributed by atoms with van der Waals surface area (Å²) in [6.07, 6.45) is 13.0. The Morgan fingerprint density at radius 3 is 2.71 bits per heavy atom. The number of benzene rings is 1. The summed E-state index contributed by atoms with van der Waals surface area (Å²) in [6.45, 7) is 4.53. The first-order valence-electron chi connectivity index (χ1n) is 14.3. The van der Waals surface area contributed by atoms with Gasteiger partial charge in [0.25, 0.3) is 0 Å². The zero-order chi connectivity index (χ0) is 28.3. The molecule has 4 aromatic rings. The number of hydrogen-bond acceptors (Lipinski definition) is 8. The molecule has 1 saturated heterocycles. The van der Waals surface area contributed by atoms with Gasteiger partial charge in [-0.2, -0.15) is 0 Å². The summed E-state index contributed by atoms with van der Waals surface area (Å²) in [6, 6.07) is 7.44. The van der Waals surface area contributed by atoms with Gasteiger partial charge in [0.05, 0.1) is 18.3 Å². The number of pyridine rings is 2. The standard InChI is InChI=1S/C31H35FN6O3.ClH/c1-21-13-22(6-7-34-21)17-37(25-3-2-10-36(20-25)30-16-33-8-9-35-30)18-23-19-38(24-4-5-24)28-15-29(41-12-11-39)27(32)14-26(28)31(23)40;/h6-9,13-16,19,24-25,39H,2-5,10-12,17-18,20H2,1H3;1H/t25-;/m0./s1. The quantitative estimate of drug-likeness (QED) is 0.288. The van der Waals surface area contributed by atoms with E-state index in [9.17, 15) is 9.18 Å². The fraction of sp³-hybridized carbons (Fsp3) is 0.419. The molecule has 1 atom stereocenters. The predicted molar refractivity (Wildman–Crippen MR) is 162 cm³/mol. The molecule has 4 heterocycles. The van der Waals surface area contributed by atoms with E-state index in [2.05, 4.69) is 35.4 Å². The van der Waals surface area contributed by atoms with Crippen LogP contribution in [0.3, 0.4) is 0 Å². The van der Waals surface area contributed by atoms with Crippen molar-refractivity contribution < 1.29 is 14.2 Å². The monoisotopic (exact) mass is 594 g/mol. The lowest BCUT2D eigenvalue weighted by Gasteiger charge is -2.40. The van der Waals surface area contributed by atoms with E-state index < -0.39 is 5.82 Å². The summed E-state index contributed by atoms with van der Waals surface area (Å²) < 4.78 is 22.5. The normalized spacial score (nSPS) is 17.0. The highest BCUT2D eigenvalue weighted by Gasteiger charge is 2.30. The molecule has 0 radical (unpaired) electrons. The van der Waals surface area contributed by atoms with Crippen LogP contribution in [0.5, 0.6) is 5.75 Å². The van der Waals surface area contributed by atoms with E-state index in [1.807, 2.05) is 25.4 Å². The lowest BCUT2D eigenvalue weighted by atomic mass is 10.0. The minimum atomic E-state index is -0.599. The van der Waals surface area contributed by atoms with Crippen molar-refractivity contribution in [2.45, 2.75) is 57.8 Å². The van der Waals surface area contributed by atoms with E-state index in [0.29, 0.717) is 29.6 Å². The average Bonchev–Trinajstić information content (AvgIpc) is 3.84. The van der Waals surface area contributed by atoms with Gasteiger partial charge >= 0.3 is 0 Å². The summed E-state index contributed by atoms with van der Waals surface area (Å²) in [5.74, 6) is 0.307. The Balaban J connectivity index is 0.00000353. The van der Waals surface area contributed by atoms with Gasteiger partial charge in [-0.25, -0.2) is 9.37 Å². The average molecular weight is 595 g/mol. The smallest absolute Gasteiger partial charge is 0.193 e. The molecule has 2 fully saturated rings. The van der Waals surface area contributed by atoms with Crippen LogP contribution in [0.1, 0.15) is 48.5 Å². The lowest BCUT2D eigenvalue weighted by Crippen LogP contribution is -2.48. The first-order chi connectivity index (χ1) is 20.0. The number of hydrogen-bond donors (Lipinski definition) is 1. The van der Waals surface area contributed by atoms with Crippen molar-refractivity contribution in [2.24, 2.45) is 0 Å². The van der Waals surface area contributed by atoms with Crippen molar-refractivity contribution in [3.05, 3.63) is 88.1 Å². The third kappa shape index (κ3) is 6.56. The number of halogens is 2. The Labute approximate surface area is 250 Å². The van der Waals surface area contributed by atoms with Gasteiger partial charge in [-0.1, -0.05) is 0 Å². The molecule has 0 unspecified atom stereocenters. The van der Waals surface area contributed by atoms with E-state index in [-0.39, 0.29) is 48.9 Å². The second-order valence-corrected chi connectivity index (χ2v) is 11.0. The van der Waals surface area contributed by atoms with Gasteiger partial charge in [0.1, 0.15) is 12.4 Å². The molecule has 0 spiro atoms. The number of anilines is 1. The lowest BCUT2D eigenvalue weighted by molar-refractivity contribution is 0.157. The molecule has 1 aliphatic carbocycles. The predicted octanol–water partition coefficient (Wildman–Crippen LogP) is 4.43. The van der Waals surface area contributed by atoms with Crippen LogP contribution < -0.4 is 15.1 Å². The third-order valence-corrected chi connectivity index (χ3v) is 7.96. The van der Waals surface area contributed by atoms with Crippen LogP contribution in [-0.4, -0.2) is 61.9 Å². The Morgan fingerprint density at radius 2 is 1.98 bits per heavy atom. The molecule has 42 heavy (non-hydrogen) atoms. The molecule has 1 saturated carbocycles. The van der Waals surface area contributed by atoms with E-state index in [4.69, 9.17) is 9.84 Å². The number of rotatable bonds is 10. The van der Waals surface area contributed by atoms with Crippen molar-refractivity contribution in [1.29, 1.82) is 0 Å². The maximum atomic E-state index is 15.0. The number of nitrogens with zero attached hydrogens (tertiary/aromatic N) is 6. The van der Waals surface area contributed by atoms with Gasteiger partial charge in [-0.3, -0.25) is 19.7 Å². The van der Waals surface area contributed by atoms with Crippen molar-refractivity contribution in [3.63, 3.8) is 0 Å². The summed E-state index contributed by atoms with van der Waals surface area (Å²) in [7, 11) is 0. The molecule has 0 amide bonds. The van der Waals surface area contributed by atoms with Crippen molar-refractivity contribution >= 4 is 29.1 Å². The van der Waals surface area contributed by atoms with Crippen LogP contribution >= 0.6 is 12.4 Å². The zero-order valence-electron chi connectivity index (χ0n) is 23.7. The van der Waals surface area contributed by atoms with Gasteiger partial charge in [-0.15, -0.1) is 12.4 Å². The first-order valence-corrected chi connectivity index (χ1v) is 14.3. The first kappa shape index (κ1) is 29.9. The minimum absolute atomic E-state index is 0. The summed E-state index contributed by atoms with van der Waals surface area (Å²) in [5, 5.41) is 9.49. The zero-order valence-corrected chi connectivity index (χ0v) is 24.5. The Hall–Kier alpha value is -3.60. The second kappa shape index (κ2) is 13.1. The van der Waals surface area contributed by atoms with Gasteiger partial charge in [0.2, 0.25) is 0 Å². The SMILES string of the molecule is Cc1cc(CN(Cc2cn(C3CC3)c3cc(OCCO)c(F)cc3c2=O)[C@H]2CCCN(c3cnccn3)C2)ccn1.Cl. The molecular formula is C31H36ClFN6O3. The number of aliphatic hydroxyl groups excluding tert-OH is 1. The number of aliphatic hydroxyl groups is 1. The topological polar surface area (TPSA) is 96.6 Å². The van der Waals surface area contributed by atoms with Crippen LogP contribution in [0.2, 0.25) is 0 Å².